The van der Waals surface area contributed by atoms with Gasteiger partial charge in [0, 0.05) is 42.0 Å². The monoisotopic (exact) mass is 431 g/mol. The van der Waals surface area contributed by atoms with E-state index in [1.807, 2.05) is 6.07 Å². The minimum absolute atomic E-state index is 0.105. The molecule has 1 amide bonds. The molecule has 2 aromatic carbocycles. The minimum Gasteiger partial charge on any atom is -0.507 e. The van der Waals surface area contributed by atoms with E-state index in [4.69, 9.17) is 16.3 Å². The van der Waals surface area contributed by atoms with Crippen molar-refractivity contribution in [1.29, 1.82) is 0 Å². The lowest BCUT2D eigenvalue weighted by atomic mass is 10.1. The summed E-state index contributed by atoms with van der Waals surface area (Å²) in [4.78, 5) is 31.8. The van der Waals surface area contributed by atoms with Gasteiger partial charge in [0.2, 0.25) is 5.91 Å². The van der Waals surface area contributed by atoms with Gasteiger partial charge in [0.1, 0.15) is 23.7 Å². The van der Waals surface area contributed by atoms with Crippen molar-refractivity contribution in [2.75, 3.05) is 5.32 Å². The van der Waals surface area contributed by atoms with E-state index in [-0.39, 0.29) is 23.8 Å². The Morgan fingerprint density at radius 2 is 1.91 bits per heavy atom. The van der Waals surface area contributed by atoms with Crippen LogP contribution in [0.25, 0.3) is 11.4 Å². The van der Waals surface area contributed by atoms with Gasteiger partial charge in [-0.25, -0.2) is 14.8 Å². The van der Waals surface area contributed by atoms with E-state index in [9.17, 15) is 14.7 Å². The van der Waals surface area contributed by atoms with Crippen molar-refractivity contribution < 1.29 is 24.5 Å². The van der Waals surface area contributed by atoms with E-state index in [1.165, 1.54) is 18.2 Å². The Bertz CT molecular complexity index is 1150. The van der Waals surface area contributed by atoms with Gasteiger partial charge in [-0.05, 0) is 36.8 Å². The summed E-state index contributed by atoms with van der Waals surface area (Å²) in [7, 11) is 0. The first kappa shape index (κ1) is 22.3. The number of amides is 1. The highest BCUT2D eigenvalue weighted by Crippen LogP contribution is 2.24. The fourth-order valence-electron chi connectivity index (χ4n) is 2.83. The molecule has 0 fully saturated rings. The molecule has 1 aromatic heterocycles. The van der Waals surface area contributed by atoms with Gasteiger partial charge in [0.05, 0.1) is 0 Å². The number of rotatable bonds is 9. The summed E-state index contributed by atoms with van der Waals surface area (Å²) in [5.74, 6) is 1.61. The quantitative estimate of drug-likeness (QED) is 0.347. The van der Waals surface area contributed by atoms with Gasteiger partial charge in [-0.3, -0.25) is 4.79 Å². The number of anilines is 1. The molecule has 8 nitrogen and oxygen atoms in total. The number of terminal acetylenes is 1. The van der Waals surface area contributed by atoms with Crippen LogP contribution in [0.5, 0.6) is 11.5 Å². The smallest absolute Gasteiger partial charge is 0.339 e. The van der Waals surface area contributed by atoms with Crippen molar-refractivity contribution in [2.24, 2.45) is 0 Å². The summed E-state index contributed by atoms with van der Waals surface area (Å²) >= 11 is 0. The number of phenols is 1. The molecule has 0 radical (unpaired) electrons. The molecule has 8 heteroatoms. The Labute approximate surface area is 184 Å². The molecule has 0 bridgehead atoms. The number of nitrogens with zero attached hydrogens (tertiary/aromatic N) is 2. The maximum absolute atomic E-state index is 12.0. The SMILES string of the molecule is C#CCCCC(=O)Nc1cccc(-c2ncc(COc3ccc(O)c(C(=O)O)c3)cn2)c1. The number of aromatic carboxylic acids is 1. The first-order valence-corrected chi connectivity index (χ1v) is 9.80. The highest BCUT2D eigenvalue weighted by molar-refractivity contribution is 5.91. The van der Waals surface area contributed by atoms with Crippen molar-refractivity contribution in [2.45, 2.75) is 25.9 Å². The molecule has 0 atom stereocenters. The van der Waals surface area contributed by atoms with Crippen LogP contribution >= 0.6 is 0 Å². The minimum atomic E-state index is -1.24. The molecule has 3 rings (SSSR count). The highest BCUT2D eigenvalue weighted by atomic mass is 16.5. The number of carboxylic acid groups (broad SMARTS) is 1. The highest BCUT2D eigenvalue weighted by Gasteiger charge is 2.11. The maximum atomic E-state index is 12.0. The molecule has 1 heterocycles. The topological polar surface area (TPSA) is 122 Å². The van der Waals surface area contributed by atoms with Crippen molar-refractivity contribution in [1.82, 2.24) is 9.97 Å². The lowest BCUT2D eigenvalue weighted by Crippen LogP contribution is -2.11. The molecule has 0 aliphatic rings. The van der Waals surface area contributed by atoms with E-state index in [2.05, 4.69) is 21.2 Å². The fourth-order valence-corrected chi connectivity index (χ4v) is 2.83. The van der Waals surface area contributed by atoms with Crippen LogP contribution in [-0.4, -0.2) is 32.1 Å². The normalized spacial score (nSPS) is 10.2. The first-order valence-electron chi connectivity index (χ1n) is 9.80. The summed E-state index contributed by atoms with van der Waals surface area (Å²) in [5, 5.41) is 21.5. The molecule has 0 saturated heterocycles. The molecular weight excluding hydrogens is 410 g/mol. The second kappa shape index (κ2) is 10.6. The van der Waals surface area contributed by atoms with Crippen LogP contribution in [0.4, 0.5) is 5.69 Å². The molecule has 0 spiro atoms. The number of carbonyl (C=O) groups excluding carboxylic acids is 1. The van der Waals surface area contributed by atoms with E-state index in [0.717, 1.165) is 5.56 Å². The van der Waals surface area contributed by atoms with Crippen LogP contribution in [-0.2, 0) is 11.4 Å². The van der Waals surface area contributed by atoms with Crippen molar-refractivity contribution >= 4 is 17.6 Å². The fraction of sp³-hybridized carbons (Fsp3) is 0.167. The number of carboxylic acids is 1. The predicted octanol–water partition coefficient (Wildman–Crippen LogP) is 3.87. The van der Waals surface area contributed by atoms with E-state index in [1.54, 1.807) is 30.6 Å². The number of nitrogens with one attached hydrogen (secondary N) is 1. The van der Waals surface area contributed by atoms with Gasteiger partial charge in [-0.2, -0.15) is 0 Å². The van der Waals surface area contributed by atoms with Gasteiger partial charge in [-0.15, -0.1) is 12.3 Å². The molecule has 0 aliphatic heterocycles. The molecular formula is C24H21N3O5. The molecule has 0 saturated carbocycles. The number of benzene rings is 2. The number of hydrogen-bond acceptors (Lipinski definition) is 6. The molecule has 0 unspecified atom stereocenters. The number of hydrogen-bond donors (Lipinski definition) is 3. The third-order valence-corrected chi connectivity index (χ3v) is 4.44. The van der Waals surface area contributed by atoms with Crippen molar-refractivity contribution in [3.05, 3.63) is 66.0 Å². The van der Waals surface area contributed by atoms with Gasteiger partial charge in [0.25, 0.3) is 0 Å². The second-order valence-corrected chi connectivity index (χ2v) is 6.87. The van der Waals surface area contributed by atoms with Crippen molar-refractivity contribution in [3.8, 4) is 35.2 Å². The number of carbonyl (C=O) groups is 2. The molecule has 32 heavy (non-hydrogen) atoms. The zero-order valence-corrected chi connectivity index (χ0v) is 17.1. The van der Waals surface area contributed by atoms with Crippen LogP contribution in [0.3, 0.4) is 0 Å². The average molecular weight is 431 g/mol. The Kier molecular flexibility index (Phi) is 7.38. The van der Waals surface area contributed by atoms with Gasteiger partial charge >= 0.3 is 5.97 Å². The van der Waals surface area contributed by atoms with Crippen molar-refractivity contribution in [3.63, 3.8) is 0 Å². The Balaban J connectivity index is 1.62. The lowest BCUT2D eigenvalue weighted by molar-refractivity contribution is -0.116. The zero-order valence-electron chi connectivity index (χ0n) is 17.1. The van der Waals surface area contributed by atoms with E-state index < -0.39 is 5.97 Å². The summed E-state index contributed by atoms with van der Waals surface area (Å²) in [6, 6.07) is 11.2. The van der Waals surface area contributed by atoms with Crippen LogP contribution in [0.2, 0.25) is 0 Å². The summed E-state index contributed by atoms with van der Waals surface area (Å²) in [6.07, 6.45) is 9.96. The third-order valence-electron chi connectivity index (χ3n) is 4.44. The zero-order chi connectivity index (χ0) is 22.9. The van der Waals surface area contributed by atoms with Crippen LogP contribution in [0.1, 0.15) is 35.2 Å². The lowest BCUT2D eigenvalue weighted by Gasteiger charge is -2.09. The molecule has 0 aliphatic carbocycles. The van der Waals surface area contributed by atoms with Gasteiger partial charge in [0.15, 0.2) is 5.82 Å². The van der Waals surface area contributed by atoms with Gasteiger partial charge < -0.3 is 20.3 Å². The summed E-state index contributed by atoms with van der Waals surface area (Å²) in [5.41, 5.74) is 1.82. The Hall–Kier alpha value is -4.38. The summed E-state index contributed by atoms with van der Waals surface area (Å²) in [6.45, 7) is 0.123. The molecule has 162 valence electrons. The first-order chi connectivity index (χ1) is 15.5. The molecule has 3 N–H and O–H groups in total. The Morgan fingerprint density at radius 1 is 1.12 bits per heavy atom. The molecule has 3 aromatic rings. The second-order valence-electron chi connectivity index (χ2n) is 6.87. The van der Waals surface area contributed by atoms with Crippen LogP contribution < -0.4 is 10.1 Å². The van der Waals surface area contributed by atoms with E-state index in [0.29, 0.717) is 42.1 Å². The van der Waals surface area contributed by atoms with Crippen LogP contribution in [0, 0.1) is 12.3 Å². The largest absolute Gasteiger partial charge is 0.507 e. The maximum Gasteiger partial charge on any atom is 0.339 e. The number of aromatic nitrogens is 2. The number of ether oxygens (including phenoxy) is 1. The number of unbranched alkanes of at least 4 members (excludes halogenated alkanes) is 1. The number of aromatic hydroxyl groups is 1. The standard InChI is InChI=1S/C24H21N3O5/c1-2-3-4-8-22(29)27-18-7-5-6-17(11-18)23-25-13-16(14-26-23)15-32-19-9-10-21(28)20(12-19)24(30)31/h1,5-7,9-14,28H,3-4,8,15H2,(H,27,29)(H,30,31). The van der Waals surface area contributed by atoms with Gasteiger partial charge in [-0.1, -0.05) is 12.1 Å². The average Bonchev–Trinajstić information content (AvgIpc) is 2.79. The predicted molar refractivity (Wildman–Crippen MR) is 118 cm³/mol. The Morgan fingerprint density at radius 3 is 2.62 bits per heavy atom. The van der Waals surface area contributed by atoms with E-state index >= 15 is 0 Å². The third kappa shape index (κ3) is 6.06. The summed E-state index contributed by atoms with van der Waals surface area (Å²) < 4.78 is 5.57. The van der Waals surface area contributed by atoms with Crippen LogP contribution in [0.15, 0.2) is 54.9 Å².